The van der Waals surface area contributed by atoms with Crippen LogP contribution >= 0.6 is 0 Å². The highest BCUT2D eigenvalue weighted by Gasteiger charge is 2.32. The molecule has 1 aromatic rings. The number of primary amides is 1. The fraction of sp³-hybridized carbons (Fsp3) is 0.312. The number of aryl methyl sites for hydroxylation is 1. The van der Waals surface area contributed by atoms with Gasteiger partial charge in [-0.1, -0.05) is 18.2 Å². The number of nitrogens with two attached hydrogens (primary N) is 1. The Morgan fingerprint density at radius 1 is 1.47 bits per heavy atom. The summed E-state index contributed by atoms with van der Waals surface area (Å²) in [7, 11) is 0. The Labute approximate surface area is 113 Å². The lowest BCUT2D eigenvalue weighted by Gasteiger charge is -2.33. The number of fused-ring (bicyclic) bond motifs is 1. The maximum Gasteiger partial charge on any atom is 0.226 e. The maximum atomic E-state index is 11.6. The van der Waals surface area contributed by atoms with Gasteiger partial charge in [-0.3, -0.25) is 4.79 Å². The number of nitrogens with one attached hydrogen (secondary N) is 1. The van der Waals surface area contributed by atoms with Gasteiger partial charge in [0.25, 0.3) is 0 Å². The summed E-state index contributed by atoms with van der Waals surface area (Å²) in [5, 5.41) is 3.41. The van der Waals surface area contributed by atoms with Gasteiger partial charge in [0.15, 0.2) is 0 Å². The minimum Gasteiger partial charge on any atom is -0.369 e. The standard InChI is InChI=1S/C16H18N2O/c1-9-6-7-14-13(8-9)10(2)11-4-3-5-12(16(17)19)15(11)18-14/h6-8,12,18H,2-5H2,1H3,(H2,17,19). The van der Waals surface area contributed by atoms with Crippen LogP contribution in [0.15, 0.2) is 36.0 Å². The zero-order chi connectivity index (χ0) is 13.6. The number of amides is 1. The van der Waals surface area contributed by atoms with Crippen molar-refractivity contribution in [1.29, 1.82) is 0 Å². The molecule has 1 aliphatic carbocycles. The topological polar surface area (TPSA) is 55.1 Å². The van der Waals surface area contributed by atoms with Gasteiger partial charge in [-0.2, -0.15) is 0 Å². The molecule has 1 aliphatic heterocycles. The molecule has 3 rings (SSSR count). The molecule has 19 heavy (non-hydrogen) atoms. The van der Waals surface area contributed by atoms with Gasteiger partial charge in [-0.15, -0.1) is 0 Å². The van der Waals surface area contributed by atoms with Crippen LogP contribution in [0, 0.1) is 12.8 Å². The Morgan fingerprint density at radius 3 is 3.00 bits per heavy atom. The quantitative estimate of drug-likeness (QED) is 0.809. The van der Waals surface area contributed by atoms with E-state index < -0.39 is 0 Å². The van der Waals surface area contributed by atoms with Crippen LogP contribution in [-0.4, -0.2) is 5.91 Å². The van der Waals surface area contributed by atoms with Gasteiger partial charge in [-0.25, -0.2) is 0 Å². The monoisotopic (exact) mass is 254 g/mol. The predicted octanol–water partition coefficient (Wildman–Crippen LogP) is 2.97. The summed E-state index contributed by atoms with van der Waals surface area (Å²) < 4.78 is 0. The van der Waals surface area contributed by atoms with Crippen molar-refractivity contribution in [2.75, 3.05) is 5.32 Å². The summed E-state index contributed by atoms with van der Waals surface area (Å²) in [6, 6.07) is 6.25. The van der Waals surface area contributed by atoms with Gasteiger partial charge in [-0.05, 0) is 49.5 Å². The highest BCUT2D eigenvalue weighted by molar-refractivity contribution is 5.93. The molecule has 3 nitrogen and oxygen atoms in total. The van der Waals surface area contributed by atoms with E-state index in [0.717, 1.165) is 41.8 Å². The van der Waals surface area contributed by atoms with Crippen molar-refractivity contribution in [2.45, 2.75) is 26.2 Å². The first-order valence-corrected chi connectivity index (χ1v) is 6.67. The molecule has 0 fully saturated rings. The molecule has 0 saturated carbocycles. The second-order valence-electron chi connectivity index (χ2n) is 5.39. The third kappa shape index (κ3) is 1.86. The summed E-state index contributed by atoms with van der Waals surface area (Å²) >= 11 is 0. The fourth-order valence-corrected chi connectivity index (χ4v) is 3.06. The minimum absolute atomic E-state index is 0.199. The Bertz CT molecular complexity index is 613. The first kappa shape index (κ1) is 12.0. The average Bonchev–Trinajstić information content (AvgIpc) is 2.39. The van der Waals surface area contributed by atoms with E-state index in [1.54, 1.807) is 0 Å². The molecular weight excluding hydrogens is 236 g/mol. The lowest BCUT2D eigenvalue weighted by atomic mass is 9.79. The van der Waals surface area contributed by atoms with E-state index in [9.17, 15) is 4.79 Å². The molecule has 1 atom stereocenters. The molecule has 2 aliphatic rings. The SMILES string of the molecule is C=C1C2=C(Nc3ccc(C)cc31)C(C(N)=O)CCC2. The molecule has 0 radical (unpaired) electrons. The van der Waals surface area contributed by atoms with E-state index in [2.05, 4.69) is 31.0 Å². The van der Waals surface area contributed by atoms with E-state index in [4.69, 9.17) is 5.73 Å². The Kier molecular flexibility index (Phi) is 2.70. The largest absolute Gasteiger partial charge is 0.369 e. The van der Waals surface area contributed by atoms with Crippen LogP contribution in [0.4, 0.5) is 5.69 Å². The highest BCUT2D eigenvalue weighted by atomic mass is 16.1. The molecule has 3 heteroatoms. The van der Waals surface area contributed by atoms with Crippen molar-refractivity contribution >= 4 is 17.2 Å². The summed E-state index contributed by atoms with van der Waals surface area (Å²) in [6.45, 7) is 6.30. The van der Waals surface area contributed by atoms with Crippen LogP contribution < -0.4 is 11.1 Å². The maximum absolute atomic E-state index is 11.6. The number of hydrogen-bond donors (Lipinski definition) is 2. The van der Waals surface area contributed by atoms with Crippen molar-refractivity contribution in [3.8, 4) is 0 Å². The molecule has 0 spiro atoms. The Hall–Kier alpha value is -2.03. The second kappa shape index (κ2) is 4.26. The van der Waals surface area contributed by atoms with Crippen molar-refractivity contribution in [3.05, 3.63) is 47.2 Å². The van der Waals surface area contributed by atoms with Crippen LogP contribution in [0.1, 0.15) is 30.4 Å². The molecule has 98 valence electrons. The van der Waals surface area contributed by atoms with Gasteiger partial charge in [0.05, 0.1) is 5.92 Å². The number of hydrogen-bond acceptors (Lipinski definition) is 2. The summed E-state index contributed by atoms with van der Waals surface area (Å²) in [5.41, 5.74) is 12.1. The molecule has 0 bridgehead atoms. The molecule has 0 saturated heterocycles. The summed E-state index contributed by atoms with van der Waals surface area (Å²) in [4.78, 5) is 11.6. The molecule has 0 aromatic heterocycles. The smallest absolute Gasteiger partial charge is 0.226 e. The zero-order valence-corrected chi connectivity index (χ0v) is 11.1. The predicted molar refractivity (Wildman–Crippen MR) is 77.4 cm³/mol. The number of rotatable bonds is 1. The van der Waals surface area contributed by atoms with Crippen molar-refractivity contribution in [2.24, 2.45) is 11.7 Å². The zero-order valence-electron chi connectivity index (χ0n) is 11.1. The van der Waals surface area contributed by atoms with Crippen LogP contribution in [0.3, 0.4) is 0 Å². The van der Waals surface area contributed by atoms with Gasteiger partial charge in [0.1, 0.15) is 0 Å². The lowest BCUT2D eigenvalue weighted by molar-refractivity contribution is -0.121. The van der Waals surface area contributed by atoms with E-state index >= 15 is 0 Å². The molecule has 1 aromatic carbocycles. The van der Waals surface area contributed by atoms with Crippen LogP contribution in [-0.2, 0) is 4.79 Å². The molecule has 3 N–H and O–H groups in total. The fourth-order valence-electron chi connectivity index (χ4n) is 3.06. The van der Waals surface area contributed by atoms with Gasteiger partial charge >= 0.3 is 0 Å². The first-order chi connectivity index (χ1) is 9.08. The highest BCUT2D eigenvalue weighted by Crippen LogP contribution is 2.43. The lowest BCUT2D eigenvalue weighted by Crippen LogP contribution is -2.32. The number of anilines is 1. The first-order valence-electron chi connectivity index (χ1n) is 6.67. The van der Waals surface area contributed by atoms with E-state index in [1.807, 2.05) is 6.07 Å². The van der Waals surface area contributed by atoms with E-state index in [-0.39, 0.29) is 11.8 Å². The number of carbonyl (C=O) groups excluding carboxylic acids is 1. The summed E-state index contributed by atoms with van der Waals surface area (Å²) in [6.07, 6.45) is 2.79. The molecule has 1 amide bonds. The normalized spacial score (nSPS) is 21.5. The van der Waals surface area contributed by atoms with Gasteiger partial charge in [0, 0.05) is 16.9 Å². The van der Waals surface area contributed by atoms with Crippen LogP contribution in [0.5, 0.6) is 0 Å². The van der Waals surface area contributed by atoms with E-state index in [1.165, 1.54) is 11.1 Å². The third-order valence-corrected chi connectivity index (χ3v) is 4.07. The van der Waals surface area contributed by atoms with Crippen molar-refractivity contribution in [3.63, 3.8) is 0 Å². The second-order valence-corrected chi connectivity index (χ2v) is 5.39. The van der Waals surface area contributed by atoms with Crippen LogP contribution in [0.25, 0.3) is 5.57 Å². The Morgan fingerprint density at radius 2 is 2.26 bits per heavy atom. The minimum atomic E-state index is -0.247. The Balaban J connectivity index is 2.10. The average molecular weight is 254 g/mol. The molecule has 1 unspecified atom stereocenters. The van der Waals surface area contributed by atoms with Crippen molar-refractivity contribution in [1.82, 2.24) is 0 Å². The molecular formula is C16H18N2O. The van der Waals surface area contributed by atoms with Gasteiger partial charge in [0.2, 0.25) is 5.91 Å². The van der Waals surface area contributed by atoms with Crippen LogP contribution in [0.2, 0.25) is 0 Å². The van der Waals surface area contributed by atoms with Gasteiger partial charge < -0.3 is 11.1 Å². The number of carbonyl (C=O) groups is 1. The third-order valence-electron chi connectivity index (χ3n) is 4.07. The number of allylic oxidation sites excluding steroid dienone is 2. The van der Waals surface area contributed by atoms with E-state index in [0.29, 0.717) is 0 Å². The molecule has 1 heterocycles. The van der Waals surface area contributed by atoms with Crippen molar-refractivity contribution < 1.29 is 4.79 Å². The number of benzene rings is 1. The summed E-state index contributed by atoms with van der Waals surface area (Å²) in [5.74, 6) is -0.446.